The van der Waals surface area contributed by atoms with Crippen molar-refractivity contribution in [2.75, 3.05) is 32.1 Å². The fraction of sp³-hybridized carbons (Fsp3) is 0.526. The molecule has 1 aromatic carbocycles. The van der Waals surface area contributed by atoms with Gasteiger partial charge in [0.05, 0.1) is 24.9 Å². The Morgan fingerprint density at radius 1 is 1.19 bits per heavy atom. The quantitative estimate of drug-likeness (QED) is 0.838. The molecular weight excluding hydrogens is 334 g/mol. The zero-order chi connectivity index (χ0) is 19.3. The molecule has 2 atom stereocenters. The summed E-state index contributed by atoms with van der Waals surface area (Å²) in [7, 11) is 1.53. The highest BCUT2D eigenvalue weighted by atomic mass is 16.5. The van der Waals surface area contributed by atoms with E-state index in [2.05, 4.69) is 24.5 Å². The lowest BCUT2D eigenvalue weighted by Crippen LogP contribution is -2.43. The molecule has 26 heavy (non-hydrogen) atoms. The summed E-state index contributed by atoms with van der Waals surface area (Å²) in [5.74, 6) is 0.614. The van der Waals surface area contributed by atoms with Gasteiger partial charge in [0.1, 0.15) is 5.75 Å². The van der Waals surface area contributed by atoms with Crippen LogP contribution >= 0.6 is 0 Å². The van der Waals surface area contributed by atoms with Crippen molar-refractivity contribution in [2.24, 2.45) is 11.8 Å². The predicted molar refractivity (Wildman–Crippen MR) is 99.2 cm³/mol. The van der Waals surface area contributed by atoms with Crippen LogP contribution in [-0.2, 0) is 9.59 Å². The maximum atomic E-state index is 13.1. The summed E-state index contributed by atoms with van der Waals surface area (Å²) >= 11 is 0. The molecule has 1 heterocycles. The SMILES string of the molecule is COc1ccc(NC(=O)CNC(C)=O)c(C(=O)N2CC(C)CC(C)C2)c1. The van der Waals surface area contributed by atoms with Crippen LogP contribution in [0.5, 0.6) is 5.75 Å². The third-order valence-electron chi connectivity index (χ3n) is 4.39. The predicted octanol–water partition coefficient (Wildman–Crippen LogP) is 1.89. The van der Waals surface area contributed by atoms with Crippen molar-refractivity contribution in [3.05, 3.63) is 23.8 Å². The van der Waals surface area contributed by atoms with Gasteiger partial charge in [-0.05, 0) is 36.5 Å². The number of hydrogen-bond acceptors (Lipinski definition) is 4. The summed E-state index contributed by atoms with van der Waals surface area (Å²) < 4.78 is 5.23. The second-order valence-corrected chi connectivity index (χ2v) is 7.03. The monoisotopic (exact) mass is 361 g/mol. The maximum Gasteiger partial charge on any atom is 0.256 e. The van der Waals surface area contributed by atoms with Crippen molar-refractivity contribution in [3.8, 4) is 5.75 Å². The van der Waals surface area contributed by atoms with Gasteiger partial charge < -0.3 is 20.3 Å². The summed E-state index contributed by atoms with van der Waals surface area (Å²) in [6.45, 7) is 6.86. The van der Waals surface area contributed by atoms with E-state index in [1.807, 2.05) is 4.90 Å². The van der Waals surface area contributed by atoms with Crippen molar-refractivity contribution >= 4 is 23.4 Å². The fourth-order valence-electron chi connectivity index (χ4n) is 3.33. The normalized spacial score (nSPS) is 19.6. The first kappa shape index (κ1) is 19.8. The molecular formula is C19H27N3O4. The van der Waals surface area contributed by atoms with E-state index in [1.54, 1.807) is 18.2 Å². The summed E-state index contributed by atoms with van der Waals surface area (Å²) in [5, 5.41) is 5.14. The Morgan fingerprint density at radius 2 is 1.85 bits per heavy atom. The molecule has 2 unspecified atom stereocenters. The second-order valence-electron chi connectivity index (χ2n) is 7.03. The molecule has 0 saturated carbocycles. The van der Waals surface area contributed by atoms with Crippen molar-refractivity contribution in [1.82, 2.24) is 10.2 Å². The molecule has 1 aromatic rings. The molecule has 0 aromatic heterocycles. The van der Waals surface area contributed by atoms with E-state index in [0.717, 1.165) is 6.42 Å². The van der Waals surface area contributed by atoms with Crippen molar-refractivity contribution in [1.29, 1.82) is 0 Å². The lowest BCUT2D eigenvalue weighted by molar-refractivity contribution is -0.122. The molecule has 0 radical (unpaired) electrons. The highest BCUT2D eigenvalue weighted by Gasteiger charge is 2.28. The average molecular weight is 361 g/mol. The molecule has 142 valence electrons. The number of carbonyl (C=O) groups is 3. The number of benzene rings is 1. The molecule has 2 N–H and O–H groups in total. The number of hydrogen-bond donors (Lipinski definition) is 2. The van der Waals surface area contributed by atoms with E-state index in [-0.39, 0.29) is 24.3 Å². The molecule has 2 rings (SSSR count). The summed E-state index contributed by atoms with van der Waals surface area (Å²) in [6, 6.07) is 4.97. The van der Waals surface area contributed by atoms with Crippen LogP contribution in [0, 0.1) is 11.8 Å². The van der Waals surface area contributed by atoms with Gasteiger partial charge >= 0.3 is 0 Å². The second kappa shape index (κ2) is 8.69. The third-order valence-corrected chi connectivity index (χ3v) is 4.39. The Bertz CT molecular complexity index is 679. The molecule has 7 nitrogen and oxygen atoms in total. The van der Waals surface area contributed by atoms with E-state index in [0.29, 0.717) is 41.9 Å². The number of carbonyl (C=O) groups excluding carboxylic acids is 3. The molecule has 0 bridgehead atoms. The van der Waals surface area contributed by atoms with Gasteiger partial charge in [-0.15, -0.1) is 0 Å². The number of piperidine rings is 1. The van der Waals surface area contributed by atoms with Crippen molar-refractivity contribution in [3.63, 3.8) is 0 Å². The molecule has 0 aliphatic carbocycles. The number of methoxy groups -OCH3 is 1. The molecule has 3 amide bonds. The summed E-state index contributed by atoms with van der Waals surface area (Å²) in [4.78, 5) is 37.9. The van der Waals surface area contributed by atoms with Crippen LogP contribution in [0.15, 0.2) is 18.2 Å². The lowest BCUT2D eigenvalue weighted by atomic mass is 9.91. The van der Waals surface area contributed by atoms with Gasteiger partial charge in [0.2, 0.25) is 11.8 Å². The number of nitrogens with zero attached hydrogens (tertiary/aromatic N) is 1. The highest BCUT2D eigenvalue weighted by Crippen LogP contribution is 2.27. The number of anilines is 1. The van der Waals surface area contributed by atoms with Gasteiger partial charge in [-0.25, -0.2) is 0 Å². The van der Waals surface area contributed by atoms with Crippen LogP contribution < -0.4 is 15.4 Å². The van der Waals surface area contributed by atoms with Crippen LogP contribution in [0.4, 0.5) is 5.69 Å². The number of nitrogens with one attached hydrogen (secondary N) is 2. The topological polar surface area (TPSA) is 87.7 Å². The third kappa shape index (κ3) is 5.21. The number of rotatable bonds is 5. The number of amides is 3. The molecule has 1 saturated heterocycles. The van der Waals surface area contributed by atoms with Crippen molar-refractivity contribution in [2.45, 2.75) is 27.2 Å². The fourth-order valence-corrected chi connectivity index (χ4v) is 3.33. The average Bonchev–Trinajstić information content (AvgIpc) is 2.59. The Hall–Kier alpha value is -2.57. The van der Waals surface area contributed by atoms with E-state index in [1.165, 1.54) is 14.0 Å². The summed E-state index contributed by atoms with van der Waals surface area (Å²) in [6.07, 6.45) is 1.10. The molecule has 1 fully saturated rings. The minimum Gasteiger partial charge on any atom is -0.497 e. The van der Waals surface area contributed by atoms with Crippen LogP contribution in [-0.4, -0.2) is 49.4 Å². The van der Waals surface area contributed by atoms with E-state index in [4.69, 9.17) is 4.74 Å². The number of likely N-dealkylation sites (tertiary alicyclic amines) is 1. The Balaban J connectivity index is 2.23. The standard InChI is InChI=1S/C19H27N3O4/c1-12-7-13(2)11-22(10-12)19(25)16-8-15(26-4)5-6-17(16)21-18(24)9-20-14(3)23/h5-6,8,12-13H,7,9-11H2,1-4H3,(H,20,23)(H,21,24). The molecule has 0 spiro atoms. The largest absolute Gasteiger partial charge is 0.497 e. The summed E-state index contributed by atoms with van der Waals surface area (Å²) in [5.41, 5.74) is 0.804. The van der Waals surface area contributed by atoms with Gasteiger partial charge in [-0.3, -0.25) is 14.4 Å². The van der Waals surface area contributed by atoms with Gasteiger partial charge in [0.15, 0.2) is 0 Å². The Labute approximate surface area is 154 Å². The van der Waals surface area contributed by atoms with Gasteiger partial charge in [-0.1, -0.05) is 13.8 Å². The van der Waals surface area contributed by atoms with Crippen LogP contribution in [0.25, 0.3) is 0 Å². The van der Waals surface area contributed by atoms with Gasteiger partial charge in [-0.2, -0.15) is 0 Å². The first-order chi connectivity index (χ1) is 12.3. The van der Waals surface area contributed by atoms with Crippen LogP contribution in [0.2, 0.25) is 0 Å². The molecule has 1 aliphatic heterocycles. The zero-order valence-electron chi connectivity index (χ0n) is 15.8. The first-order valence-corrected chi connectivity index (χ1v) is 8.81. The van der Waals surface area contributed by atoms with E-state index < -0.39 is 0 Å². The first-order valence-electron chi connectivity index (χ1n) is 8.81. The van der Waals surface area contributed by atoms with Crippen LogP contribution in [0.3, 0.4) is 0 Å². The zero-order valence-corrected chi connectivity index (χ0v) is 15.8. The van der Waals surface area contributed by atoms with Crippen molar-refractivity contribution < 1.29 is 19.1 Å². The minimum atomic E-state index is -0.389. The maximum absolute atomic E-state index is 13.1. The molecule has 7 heteroatoms. The van der Waals surface area contributed by atoms with Crippen LogP contribution in [0.1, 0.15) is 37.6 Å². The molecule has 1 aliphatic rings. The Morgan fingerprint density at radius 3 is 2.42 bits per heavy atom. The number of ether oxygens (including phenoxy) is 1. The smallest absolute Gasteiger partial charge is 0.256 e. The van der Waals surface area contributed by atoms with E-state index >= 15 is 0 Å². The van der Waals surface area contributed by atoms with Gasteiger partial charge in [0.25, 0.3) is 5.91 Å². The highest BCUT2D eigenvalue weighted by molar-refractivity contribution is 6.04. The lowest BCUT2D eigenvalue weighted by Gasteiger charge is -2.35. The minimum absolute atomic E-state index is 0.128. The van der Waals surface area contributed by atoms with E-state index in [9.17, 15) is 14.4 Å². The Kier molecular flexibility index (Phi) is 6.60. The van der Waals surface area contributed by atoms with Gasteiger partial charge in [0, 0.05) is 20.0 Å².